The van der Waals surface area contributed by atoms with Gasteiger partial charge in [-0.15, -0.1) is 0 Å². The summed E-state index contributed by atoms with van der Waals surface area (Å²) in [5.74, 6) is 1.09. The van der Waals surface area contributed by atoms with Gasteiger partial charge in [0.2, 0.25) is 0 Å². The van der Waals surface area contributed by atoms with E-state index in [1.807, 2.05) is 0 Å². The van der Waals surface area contributed by atoms with Gasteiger partial charge in [-0.2, -0.15) is 0 Å². The zero-order valence-electron chi connectivity index (χ0n) is 12.7. The number of aryl methyl sites for hydroxylation is 1. The summed E-state index contributed by atoms with van der Waals surface area (Å²) in [5, 5.41) is 3.55. The number of rotatable bonds is 7. The molecule has 106 valence electrons. The summed E-state index contributed by atoms with van der Waals surface area (Å²) in [6, 6.07) is 5.68. The first kappa shape index (κ1) is 14.3. The lowest BCUT2D eigenvalue weighted by Crippen LogP contribution is -2.29. The summed E-state index contributed by atoms with van der Waals surface area (Å²) < 4.78 is 0. The molecular weight excluding hydrogens is 234 g/mol. The van der Waals surface area contributed by atoms with Gasteiger partial charge in [0.15, 0.2) is 0 Å². The molecule has 1 aliphatic carbocycles. The average molecular weight is 261 g/mol. The third kappa shape index (κ3) is 3.93. The number of aromatic nitrogens is 1. The van der Waals surface area contributed by atoms with Crippen molar-refractivity contribution in [3.63, 3.8) is 0 Å². The predicted octanol–water partition coefficient (Wildman–Crippen LogP) is 3.27. The van der Waals surface area contributed by atoms with Crippen molar-refractivity contribution in [2.24, 2.45) is 0 Å². The third-order valence-electron chi connectivity index (χ3n) is 4.07. The molecule has 0 bridgehead atoms. The maximum atomic E-state index is 4.76. The van der Waals surface area contributed by atoms with Gasteiger partial charge in [0.1, 0.15) is 5.82 Å². The molecule has 0 aliphatic heterocycles. The molecule has 0 radical (unpaired) electrons. The summed E-state index contributed by atoms with van der Waals surface area (Å²) in [6.45, 7) is 7.57. The van der Waals surface area contributed by atoms with E-state index in [-0.39, 0.29) is 0 Å². The van der Waals surface area contributed by atoms with Gasteiger partial charge in [0, 0.05) is 31.4 Å². The van der Waals surface area contributed by atoms with Crippen molar-refractivity contribution in [2.45, 2.75) is 65.1 Å². The topological polar surface area (TPSA) is 28.2 Å². The lowest BCUT2D eigenvalue weighted by atomic mass is 10.1. The Balaban J connectivity index is 1.99. The van der Waals surface area contributed by atoms with Crippen LogP contribution in [0.15, 0.2) is 12.1 Å². The summed E-state index contributed by atoms with van der Waals surface area (Å²) in [7, 11) is 2.14. The molecule has 1 aliphatic rings. The molecule has 1 aromatic rings. The highest BCUT2D eigenvalue weighted by Gasteiger charge is 2.20. The fourth-order valence-corrected chi connectivity index (χ4v) is 2.34. The van der Waals surface area contributed by atoms with Crippen molar-refractivity contribution in [1.82, 2.24) is 10.3 Å². The van der Waals surface area contributed by atoms with Crippen LogP contribution in [0.1, 0.15) is 50.8 Å². The second-order valence-corrected chi connectivity index (χ2v) is 5.82. The van der Waals surface area contributed by atoms with Crippen LogP contribution in [0.2, 0.25) is 0 Å². The van der Waals surface area contributed by atoms with E-state index >= 15 is 0 Å². The zero-order valence-corrected chi connectivity index (χ0v) is 12.7. The van der Waals surface area contributed by atoms with Gasteiger partial charge in [-0.3, -0.25) is 0 Å². The first-order chi connectivity index (χ1) is 9.11. The van der Waals surface area contributed by atoms with E-state index in [0.717, 1.165) is 24.1 Å². The van der Waals surface area contributed by atoms with E-state index in [4.69, 9.17) is 4.98 Å². The number of nitrogens with zero attached hydrogens (tertiary/aromatic N) is 2. The fourth-order valence-electron chi connectivity index (χ4n) is 2.34. The van der Waals surface area contributed by atoms with Gasteiger partial charge in [0.25, 0.3) is 0 Å². The maximum absolute atomic E-state index is 4.76. The van der Waals surface area contributed by atoms with E-state index in [1.165, 1.54) is 31.2 Å². The van der Waals surface area contributed by atoms with Crippen molar-refractivity contribution in [1.29, 1.82) is 0 Å². The third-order valence-corrected chi connectivity index (χ3v) is 4.07. The molecule has 3 heteroatoms. The lowest BCUT2D eigenvalue weighted by Gasteiger charge is -2.26. The molecule has 2 rings (SSSR count). The molecule has 1 saturated carbocycles. The molecule has 1 heterocycles. The molecule has 3 nitrogen and oxygen atoms in total. The van der Waals surface area contributed by atoms with E-state index in [9.17, 15) is 0 Å². The van der Waals surface area contributed by atoms with Crippen LogP contribution in [0.3, 0.4) is 0 Å². The largest absolute Gasteiger partial charge is 0.357 e. The minimum atomic E-state index is 0.548. The molecule has 0 saturated heterocycles. The lowest BCUT2D eigenvalue weighted by molar-refractivity contribution is 0.610. The van der Waals surface area contributed by atoms with Crippen LogP contribution in [0.25, 0.3) is 0 Å². The van der Waals surface area contributed by atoms with Gasteiger partial charge < -0.3 is 10.2 Å². The smallest absolute Gasteiger partial charge is 0.128 e. The van der Waals surface area contributed by atoms with Crippen molar-refractivity contribution in [3.8, 4) is 0 Å². The number of pyridine rings is 1. The van der Waals surface area contributed by atoms with Crippen molar-refractivity contribution < 1.29 is 0 Å². The van der Waals surface area contributed by atoms with E-state index in [2.05, 4.69) is 50.2 Å². The highest BCUT2D eigenvalue weighted by molar-refractivity contribution is 5.41. The molecule has 1 N–H and O–H groups in total. The Bertz CT molecular complexity index is 412. The molecule has 19 heavy (non-hydrogen) atoms. The molecule has 1 unspecified atom stereocenters. The highest BCUT2D eigenvalue weighted by Crippen LogP contribution is 2.21. The van der Waals surface area contributed by atoms with Crippen LogP contribution in [-0.2, 0) is 6.54 Å². The molecular formula is C16H27N3. The second kappa shape index (κ2) is 6.38. The van der Waals surface area contributed by atoms with Crippen LogP contribution < -0.4 is 10.2 Å². The normalized spacial score (nSPS) is 16.4. The van der Waals surface area contributed by atoms with Gasteiger partial charge in [-0.1, -0.05) is 19.4 Å². The zero-order chi connectivity index (χ0) is 13.8. The summed E-state index contributed by atoms with van der Waals surface area (Å²) >= 11 is 0. The van der Waals surface area contributed by atoms with Crippen LogP contribution in [-0.4, -0.2) is 24.1 Å². The summed E-state index contributed by atoms with van der Waals surface area (Å²) in [4.78, 5) is 7.05. The van der Waals surface area contributed by atoms with E-state index in [0.29, 0.717) is 6.04 Å². The molecule has 0 spiro atoms. The SMILES string of the molecule is CCCC(C)N(C)c1ccc(CNC2CC2)c(C)n1. The summed E-state index contributed by atoms with van der Waals surface area (Å²) in [6.07, 6.45) is 5.10. The molecule has 1 atom stereocenters. The predicted molar refractivity (Wildman–Crippen MR) is 81.6 cm³/mol. The second-order valence-electron chi connectivity index (χ2n) is 5.82. The Labute approximate surface area is 117 Å². The minimum Gasteiger partial charge on any atom is -0.357 e. The van der Waals surface area contributed by atoms with E-state index in [1.54, 1.807) is 0 Å². The fraction of sp³-hybridized carbons (Fsp3) is 0.688. The quantitative estimate of drug-likeness (QED) is 0.816. The van der Waals surface area contributed by atoms with Gasteiger partial charge >= 0.3 is 0 Å². The van der Waals surface area contributed by atoms with Crippen LogP contribution >= 0.6 is 0 Å². The first-order valence-electron chi connectivity index (χ1n) is 7.54. The van der Waals surface area contributed by atoms with Crippen LogP contribution in [0.5, 0.6) is 0 Å². The summed E-state index contributed by atoms with van der Waals surface area (Å²) in [5.41, 5.74) is 2.48. The molecule has 1 fully saturated rings. The minimum absolute atomic E-state index is 0.548. The Hall–Kier alpha value is -1.09. The Morgan fingerprint density at radius 2 is 2.16 bits per heavy atom. The number of nitrogens with one attached hydrogen (secondary N) is 1. The van der Waals surface area contributed by atoms with Crippen LogP contribution in [0, 0.1) is 6.92 Å². The standard InChI is InChI=1S/C16H27N3/c1-5-6-12(2)19(4)16-10-7-14(13(3)18-16)11-17-15-8-9-15/h7,10,12,15,17H,5-6,8-9,11H2,1-4H3. The number of hydrogen-bond donors (Lipinski definition) is 1. The van der Waals surface area contributed by atoms with Gasteiger partial charge in [0.05, 0.1) is 0 Å². The Morgan fingerprint density at radius 3 is 2.74 bits per heavy atom. The number of anilines is 1. The maximum Gasteiger partial charge on any atom is 0.128 e. The van der Waals surface area contributed by atoms with Crippen molar-refractivity contribution >= 4 is 5.82 Å². The molecule has 0 amide bonds. The van der Waals surface area contributed by atoms with Crippen LogP contribution in [0.4, 0.5) is 5.82 Å². The highest BCUT2D eigenvalue weighted by atomic mass is 15.2. The monoisotopic (exact) mass is 261 g/mol. The average Bonchev–Trinajstić information content (AvgIpc) is 3.20. The Morgan fingerprint density at radius 1 is 1.42 bits per heavy atom. The first-order valence-corrected chi connectivity index (χ1v) is 7.54. The van der Waals surface area contributed by atoms with Crippen molar-refractivity contribution in [2.75, 3.05) is 11.9 Å². The number of hydrogen-bond acceptors (Lipinski definition) is 3. The molecule has 0 aromatic carbocycles. The van der Waals surface area contributed by atoms with E-state index < -0.39 is 0 Å². The Kier molecular flexibility index (Phi) is 4.81. The van der Waals surface area contributed by atoms with Gasteiger partial charge in [-0.05, 0) is 44.7 Å². The van der Waals surface area contributed by atoms with Gasteiger partial charge in [-0.25, -0.2) is 4.98 Å². The van der Waals surface area contributed by atoms with Crippen molar-refractivity contribution in [3.05, 3.63) is 23.4 Å². The molecule has 1 aromatic heterocycles.